The lowest BCUT2D eigenvalue weighted by Crippen LogP contribution is -2.35. The van der Waals surface area contributed by atoms with Crippen molar-refractivity contribution in [1.29, 1.82) is 0 Å². The van der Waals surface area contributed by atoms with Crippen LogP contribution in [0.4, 0.5) is 0 Å². The molecular weight excluding hydrogens is 1000 g/mol. The van der Waals surface area contributed by atoms with Crippen molar-refractivity contribution in [3.8, 4) is 39.8 Å². The minimum absolute atomic E-state index is 0.230. The van der Waals surface area contributed by atoms with E-state index in [1.807, 2.05) is 0 Å². The van der Waals surface area contributed by atoms with Crippen molar-refractivity contribution < 1.29 is 14.2 Å². The minimum atomic E-state index is -0.839. The molecule has 0 aliphatic heterocycles. The fourth-order valence-corrected chi connectivity index (χ4v) is 12.2. The van der Waals surface area contributed by atoms with Crippen molar-refractivity contribution in [2.24, 2.45) is 5.73 Å². The van der Waals surface area contributed by atoms with Crippen LogP contribution in [0.1, 0.15) is 225 Å². The number of hydrogen-bond donors (Lipinski definition) is 1. The SMILES string of the molecule is CCCCCCCCOc1ccc(-c2nc3c4cc(-c5cc(OCCCCCCCC)c(C(C)(N)c6ccccc6)cc5OCCCCCCCC)ccc4c4ccc(C(C)(C)c5ccccc5)cc4c3n2CCCCCCCC)cc1. The number of ether oxygens (including phenoxy) is 3. The van der Waals surface area contributed by atoms with Crippen LogP contribution in [0.3, 0.4) is 0 Å². The van der Waals surface area contributed by atoms with Crippen molar-refractivity contribution in [1.82, 2.24) is 9.55 Å². The quantitative estimate of drug-likeness (QED) is 0.0310. The van der Waals surface area contributed by atoms with Gasteiger partial charge in [-0.1, -0.05) is 255 Å². The molecule has 1 unspecified atom stereocenters. The summed E-state index contributed by atoms with van der Waals surface area (Å²) in [4.78, 5) is 5.85. The van der Waals surface area contributed by atoms with Gasteiger partial charge in [0.05, 0.1) is 36.4 Å². The topological polar surface area (TPSA) is 71.5 Å². The molecule has 0 bridgehead atoms. The summed E-state index contributed by atoms with van der Waals surface area (Å²) in [6.45, 7) is 18.8. The first kappa shape index (κ1) is 61.9. The molecule has 2 N–H and O–H groups in total. The van der Waals surface area contributed by atoms with Crippen LogP contribution < -0.4 is 19.9 Å². The van der Waals surface area contributed by atoms with Gasteiger partial charge in [-0.2, -0.15) is 0 Å². The largest absolute Gasteiger partial charge is 0.494 e. The molecule has 0 radical (unpaired) electrons. The molecule has 6 nitrogen and oxygen atoms in total. The number of imidazole rings is 1. The lowest BCUT2D eigenvalue weighted by Gasteiger charge is -2.30. The molecule has 8 aromatic rings. The minimum Gasteiger partial charge on any atom is -0.494 e. The van der Waals surface area contributed by atoms with E-state index in [9.17, 15) is 0 Å². The van der Waals surface area contributed by atoms with E-state index in [4.69, 9.17) is 24.9 Å². The molecule has 1 atom stereocenters. The highest BCUT2D eigenvalue weighted by molar-refractivity contribution is 6.24. The van der Waals surface area contributed by atoms with Crippen LogP contribution in [0.25, 0.3) is 55.1 Å². The molecule has 0 aliphatic rings. The summed E-state index contributed by atoms with van der Waals surface area (Å²) < 4.78 is 22.9. The predicted molar refractivity (Wildman–Crippen MR) is 351 cm³/mol. The summed E-state index contributed by atoms with van der Waals surface area (Å²) in [5, 5.41) is 4.79. The number of aryl methyl sites for hydroxylation is 1. The third kappa shape index (κ3) is 15.9. The van der Waals surface area contributed by atoms with Crippen molar-refractivity contribution in [2.45, 2.75) is 220 Å². The zero-order chi connectivity index (χ0) is 57.6. The fourth-order valence-electron chi connectivity index (χ4n) is 12.2. The zero-order valence-electron chi connectivity index (χ0n) is 51.7. The van der Waals surface area contributed by atoms with Crippen LogP contribution in [0.15, 0.2) is 133 Å². The number of fused-ring (bicyclic) bond motifs is 6. The van der Waals surface area contributed by atoms with E-state index in [-0.39, 0.29) is 5.41 Å². The zero-order valence-corrected chi connectivity index (χ0v) is 51.7. The van der Waals surface area contributed by atoms with Gasteiger partial charge in [0, 0.05) is 39.4 Å². The molecule has 1 heterocycles. The highest BCUT2D eigenvalue weighted by Crippen LogP contribution is 2.46. The standard InChI is InChI=1S/C76H101N3O3/c1-8-12-16-20-24-34-50-79-73-68-55-62(75(5,6)60-38-30-28-31-39-60)45-49-65(68)64-48-44-59(54-67(64)72(73)78-74(79)58-42-46-63(47-43-58)80-51-35-25-21-17-13-9-2)66-56-71(82-53-37-27-23-19-15-11-4)69(76(7,77)61-40-32-29-33-41-61)57-70(66)81-52-36-26-22-18-14-10-3/h28-33,38-49,54-57H,8-27,34-37,50-53,77H2,1-7H3. The molecule has 0 fully saturated rings. The highest BCUT2D eigenvalue weighted by atomic mass is 16.5. The van der Waals surface area contributed by atoms with Crippen LogP contribution in [0.2, 0.25) is 0 Å². The summed E-state index contributed by atoms with van der Waals surface area (Å²) in [6, 6.07) is 49.0. The highest BCUT2D eigenvalue weighted by Gasteiger charge is 2.31. The Bertz CT molecular complexity index is 3170. The maximum Gasteiger partial charge on any atom is 0.141 e. The summed E-state index contributed by atoms with van der Waals surface area (Å²) in [7, 11) is 0. The monoisotopic (exact) mass is 1100 g/mol. The van der Waals surface area contributed by atoms with Gasteiger partial charge in [0.15, 0.2) is 0 Å². The number of rotatable bonds is 37. The average Bonchev–Trinajstić information content (AvgIpc) is 4.06. The summed E-state index contributed by atoms with van der Waals surface area (Å²) >= 11 is 0. The normalized spacial score (nSPS) is 12.6. The third-order valence-corrected chi connectivity index (χ3v) is 17.5. The fraction of sp³-hybridized carbons (Fsp3) is 0.487. The summed E-state index contributed by atoms with van der Waals surface area (Å²) in [6.07, 6.45) is 29.0. The summed E-state index contributed by atoms with van der Waals surface area (Å²) in [5.41, 5.74) is 16.4. The number of nitrogens with two attached hydrogens (primary N) is 1. The Morgan fingerprint density at radius 1 is 0.415 bits per heavy atom. The van der Waals surface area contributed by atoms with E-state index >= 15 is 0 Å². The first-order chi connectivity index (χ1) is 40.1. The molecule has 0 aliphatic carbocycles. The molecule has 0 spiro atoms. The Kier molecular flexibility index (Phi) is 23.8. The lowest BCUT2D eigenvalue weighted by atomic mass is 9.77. The van der Waals surface area contributed by atoms with Crippen LogP contribution in [0, 0.1) is 0 Å². The molecule has 7 aromatic carbocycles. The van der Waals surface area contributed by atoms with Gasteiger partial charge in [-0.25, -0.2) is 4.98 Å². The Morgan fingerprint density at radius 3 is 1.49 bits per heavy atom. The van der Waals surface area contributed by atoms with Crippen LogP contribution in [0.5, 0.6) is 17.2 Å². The first-order valence-electron chi connectivity index (χ1n) is 32.6. The van der Waals surface area contributed by atoms with Gasteiger partial charge < -0.3 is 24.5 Å². The van der Waals surface area contributed by atoms with Crippen LogP contribution >= 0.6 is 0 Å². The van der Waals surface area contributed by atoms with E-state index in [1.54, 1.807) is 0 Å². The van der Waals surface area contributed by atoms with Gasteiger partial charge in [-0.15, -0.1) is 0 Å². The van der Waals surface area contributed by atoms with E-state index in [0.717, 1.165) is 113 Å². The Labute approximate surface area is 495 Å². The molecule has 1 aromatic heterocycles. The second-order valence-corrected chi connectivity index (χ2v) is 24.3. The molecule has 0 saturated heterocycles. The Balaban J connectivity index is 1.31. The maximum absolute atomic E-state index is 7.52. The second kappa shape index (κ2) is 31.5. The van der Waals surface area contributed by atoms with Crippen molar-refractivity contribution in [2.75, 3.05) is 19.8 Å². The number of hydrogen-bond acceptors (Lipinski definition) is 5. The molecule has 6 heteroatoms. The van der Waals surface area contributed by atoms with Crippen LogP contribution in [-0.2, 0) is 17.5 Å². The van der Waals surface area contributed by atoms with E-state index < -0.39 is 5.54 Å². The Hall–Kier alpha value is -6.11. The number of unbranched alkanes of at least 4 members (excludes halogenated alkanes) is 20. The van der Waals surface area contributed by atoms with E-state index in [0.29, 0.717) is 13.2 Å². The van der Waals surface area contributed by atoms with Gasteiger partial charge in [0.2, 0.25) is 0 Å². The van der Waals surface area contributed by atoms with E-state index in [2.05, 4.69) is 186 Å². The van der Waals surface area contributed by atoms with Gasteiger partial charge in [0.1, 0.15) is 23.1 Å². The molecule has 0 saturated carbocycles. The van der Waals surface area contributed by atoms with Gasteiger partial charge >= 0.3 is 0 Å². The van der Waals surface area contributed by atoms with Crippen molar-refractivity contribution in [3.05, 3.63) is 156 Å². The number of nitrogens with zero attached hydrogens (tertiary/aromatic N) is 2. The molecule has 82 heavy (non-hydrogen) atoms. The number of benzene rings is 7. The maximum atomic E-state index is 7.52. The average molecular weight is 1100 g/mol. The molecular formula is C76H101N3O3. The Morgan fingerprint density at radius 2 is 0.902 bits per heavy atom. The number of aromatic nitrogens is 2. The second-order valence-electron chi connectivity index (χ2n) is 24.3. The van der Waals surface area contributed by atoms with Gasteiger partial charge in [-0.3, -0.25) is 0 Å². The van der Waals surface area contributed by atoms with Crippen molar-refractivity contribution in [3.63, 3.8) is 0 Å². The molecule has 8 rings (SSSR count). The smallest absolute Gasteiger partial charge is 0.141 e. The van der Waals surface area contributed by atoms with E-state index in [1.165, 1.54) is 148 Å². The lowest BCUT2D eigenvalue weighted by molar-refractivity contribution is 0.290. The van der Waals surface area contributed by atoms with Crippen LogP contribution in [-0.4, -0.2) is 29.4 Å². The third-order valence-electron chi connectivity index (χ3n) is 17.5. The molecule has 438 valence electrons. The first-order valence-corrected chi connectivity index (χ1v) is 32.6. The van der Waals surface area contributed by atoms with Gasteiger partial charge in [-0.05, 0) is 114 Å². The van der Waals surface area contributed by atoms with Crippen molar-refractivity contribution >= 4 is 32.6 Å². The predicted octanol–water partition coefficient (Wildman–Crippen LogP) is 21.8. The van der Waals surface area contributed by atoms with Gasteiger partial charge in [0.25, 0.3) is 0 Å². The molecule has 0 amide bonds. The summed E-state index contributed by atoms with van der Waals surface area (Å²) in [5.74, 6) is 3.56.